The summed E-state index contributed by atoms with van der Waals surface area (Å²) in [6.07, 6.45) is 3.56. The average Bonchev–Trinajstić information content (AvgIpc) is 2.90. The van der Waals surface area contributed by atoms with E-state index in [1.54, 1.807) is 24.4 Å². The van der Waals surface area contributed by atoms with Gasteiger partial charge in [-0.3, -0.25) is 0 Å². The van der Waals surface area contributed by atoms with Crippen LogP contribution in [0.25, 0.3) is 0 Å². The summed E-state index contributed by atoms with van der Waals surface area (Å²) in [7, 11) is -3.68. The molecule has 0 aliphatic carbocycles. The largest absolute Gasteiger partial charge is 0.364 e. The predicted octanol–water partition coefficient (Wildman–Crippen LogP) is 1.27. The molecule has 6 nitrogen and oxygen atoms in total. The minimum absolute atomic E-state index is 0.140. The Bertz CT molecular complexity index is 710. The molecule has 3 rings (SSSR count). The minimum Gasteiger partial charge on any atom is -0.364 e. The maximum absolute atomic E-state index is 11.5. The van der Waals surface area contributed by atoms with E-state index < -0.39 is 10.0 Å². The number of hydrogen-bond acceptors (Lipinski definition) is 5. The Kier molecular flexibility index (Phi) is 3.23. The van der Waals surface area contributed by atoms with Gasteiger partial charge in [-0.15, -0.1) is 0 Å². The van der Waals surface area contributed by atoms with E-state index in [1.165, 1.54) is 0 Å². The molecule has 0 atom stereocenters. The van der Waals surface area contributed by atoms with E-state index in [0.717, 1.165) is 36.4 Å². The molecule has 0 saturated carbocycles. The van der Waals surface area contributed by atoms with Gasteiger partial charge in [0.1, 0.15) is 0 Å². The van der Waals surface area contributed by atoms with Crippen LogP contribution >= 0.6 is 0 Å². The highest BCUT2D eigenvalue weighted by molar-refractivity contribution is 7.89. The van der Waals surface area contributed by atoms with Gasteiger partial charge in [0.15, 0.2) is 5.76 Å². The second kappa shape index (κ2) is 4.92. The van der Waals surface area contributed by atoms with Gasteiger partial charge in [0, 0.05) is 18.3 Å². The summed E-state index contributed by atoms with van der Waals surface area (Å²) in [6, 6.07) is 6.84. The van der Waals surface area contributed by atoms with Crippen molar-refractivity contribution in [1.29, 1.82) is 0 Å². The van der Waals surface area contributed by atoms with Gasteiger partial charge in [0.05, 0.1) is 17.6 Å². The van der Waals surface area contributed by atoms with Crippen LogP contribution in [0.3, 0.4) is 0 Å². The minimum atomic E-state index is -3.68. The zero-order valence-electron chi connectivity index (χ0n) is 10.8. The molecule has 0 bridgehead atoms. The highest BCUT2D eigenvalue weighted by atomic mass is 32.2. The normalized spacial score (nSPS) is 15.2. The molecular formula is C13H15N3O3S. The maximum Gasteiger partial charge on any atom is 0.238 e. The zero-order valence-corrected chi connectivity index (χ0v) is 11.6. The number of sulfonamides is 1. The highest BCUT2D eigenvalue weighted by Crippen LogP contribution is 2.30. The summed E-state index contributed by atoms with van der Waals surface area (Å²) in [5, 5.41) is 8.88. The van der Waals surface area contributed by atoms with Crippen molar-refractivity contribution in [3.8, 4) is 0 Å². The second-order valence-corrected chi connectivity index (χ2v) is 6.40. The third-order valence-corrected chi connectivity index (χ3v) is 4.35. The standard InChI is InChI=1S/C13H15N3O3S/c14-20(17,18)12-4-3-10-2-1-7-16(13(10)8-12)9-11-5-6-15-19-11/h3-6,8H,1-2,7,9H2,(H2,14,17,18). The number of nitrogens with two attached hydrogens (primary N) is 1. The number of primary sulfonamides is 1. The van der Waals surface area contributed by atoms with E-state index in [0.29, 0.717) is 6.54 Å². The van der Waals surface area contributed by atoms with Crippen molar-refractivity contribution in [2.24, 2.45) is 5.14 Å². The Labute approximate surface area is 117 Å². The van der Waals surface area contributed by atoms with Gasteiger partial charge in [0.2, 0.25) is 10.0 Å². The fourth-order valence-electron chi connectivity index (χ4n) is 2.48. The number of fused-ring (bicyclic) bond motifs is 1. The van der Waals surface area contributed by atoms with Crippen LogP contribution in [0.5, 0.6) is 0 Å². The Morgan fingerprint density at radius 1 is 1.35 bits per heavy atom. The lowest BCUT2D eigenvalue weighted by Gasteiger charge is -2.30. The first kappa shape index (κ1) is 13.1. The first-order valence-corrected chi connectivity index (χ1v) is 7.89. The van der Waals surface area contributed by atoms with E-state index in [1.807, 2.05) is 6.07 Å². The Balaban J connectivity index is 1.98. The smallest absolute Gasteiger partial charge is 0.238 e. The third kappa shape index (κ3) is 2.54. The van der Waals surface area contributed by atoms with E-state index in [-0.39, 0.29) is 4.90 Å². The molecule has 0 saturated heterocycles. The predicted molar refractivity (Wildman–Crippen MR) is 73.7 cm³/mol. The summed E-state index contributed by atoms with van der Waals surface area (Å²) >= 11 is 0. The number of aryl methyl sites for hydroxylation is 1. The SMILES string of the molecule is NS(=O)(=O)c1ccc2c(c1)N(Cc1ccno1)CCC2. The maximum atomic E-state index is 11.5. The van der Waals surface area contributed by atoms with Crippen LogP contribution < -0.4 is 10.0 Å². The quantitative estimate of drug-likeness (QED) is 0.920. The summed E-state index contributed by atoms with van der Waals surface area (Å²) in [6.45, 7) is 1.42. The molecule has 106 valence electrons. The first-order chi connectivity index (χ1) is 9.54. The summed E-state index contributed by atoms with van der Waals surface area (Å²) in [4.78, 5) is 2.23. The molecule has 7 heteroatoms. The van der Waals surface area contributed by atoms with Crippen molar-refractivity contribution in [2.75, 3.05) is 11.4 Å². The Morgan fingerprint density at radius 2 is 2.20 bits per heavy atom. The lowest BCUT2D eigenvalue weighted by Crippen LogP contribution is -2.29. The van der Waals surface area contributed by atoms with Gasteiger partial charge in [-0.2, -0.15) is 0 Å². The highest BCUT2D eigenvalue weighted by Gasteiger charge is 2.20. The molecule has 0 spiro atoms. The molecular weight excluding hydrogens is 278 g/mol. The summed E-state index contributed by atoms with van der Waals surface area (Å²) in [5.41, 5.74) is 2.03. The summed E-state index contributed by atoms with van der Waals surface area (Å²) in [5.74, 6) is 0.749. The molecule has 1 aromatic carbocycles. The zero-order chi connectivity index (χ0) is 14.2. The third-order valence-electron chi connectivity index (χ3n) is 3.44. The van der Waals surface area contributed by atoms with E-state index in [9.17, 15) is 8.42 Å². The number of rotatable bonds is 3. The second-order valence-electron chi connectivity index (χ2n) is 4.84. The molecule has 20 heavy (non-hydrogen) atoms. The Hall–Kier alpha value is -1.86. The van der Waals surface area contributed by atoms with Gasteiger partial charge >= 0.3 is 0 Å². The van der Waals surface area contributed by atoms with Gasteiger partial charge in [-0.05, 0) is 30.5 Å². The molecule has 2 N–H and O–H groups in total. The van der Waals surface area contributed by atoms with Crippen LogP contribution in [-0.2, 0) is 23.0 Å². The molecule has 1 aliphatic rings. The van der Waals surface area contributed by atoms with Crippen LogP contribution in [0, 0.1) is 0 Å². The fourth-order valence-corrected chi connectivity index (χ4v) is 3.02. The number of hydrogen-bond donors (Lipinski definition) is 1. The van der Waals surface area contributed by atoms with Crippen molar-refractivity contribution >= 4 is 15.7 Å². The molecule has 2 heterocycles. The molecule has 0 amide bonds. The summed E-state index contributed by atoms with van der Waals surface area (Å²) < 4.78 is 28.1. The number of aromatic nitrogens is 1. The van der Waals surface area contributed by atoms with Crippen LogP contribution in [0.2, 0.25) is 0 Å². The van der Waals surface area contributed by atoms with Crippen molar-refractivity contribution in [1.82, 2.24) is 5.16 Å². The first-order valence-electron chi connectivity index (χ1n) is 6.34. The lowest BCUT2D eigenvalue weighted by molar-refractivity contribution is 0.380. The lowest BCUT2D eigenvalue weighted by atomic mass is 10.0. The molecule has 0 fully saturated rings. The molecule has 0 radical (unpaired) electrons. The van der Waals surface area contributed by atoms with Crippen molar-refractivity contribution in [3.63, 3.8) is 0 Å². The number of nitrogens with zero attached hydrogens (tertiary/aromatic N) is 2. The molecule has 1 aliphatic heterocycles. The van der Waals surface area contributed by atoms with Crippen LogP contribution in [0.4, 0.5) is 5.69 Å². The van der Waals surface area contributed by atoms with Crippen LogP contribution in [0.15, 0.2) is 39.9 Å². The Morgan fingerprint density at radius 3 is 2.90 bits per heavy atom. The average molecular weight is 293 g/mol. The van der Waals surface area contributed by atoms with Crippen LogP contribution in [0.1, 0.15) is 17.7 Å². The van der Waals surface area contributed by atoms with Crippen molar-refractivity contribution in [2.45, 2.75) is 24.3 Å². The van der Waals surface area contributed by atoms with Crippen molar-refractivity contribution < 1.29 is 12.9 Å². The van der Waals surface area contributed by atoms with Crippen molar-refractivity contribution in [3.05, 3.63) is 41.8 Å². The van der Waals surface area contributed by atoms with E-state index in [4.69, 9.17) is 9.66 Å². The molecule has 1 aromatic heterocycles. The van der Waals surface area contributed by atoms with Gasteiger partial charge in [-0.1, -0.05) is 11.2 Å². The molecule has 0 unspecified atom stereocenters. The number of benzene rings is 1. The fraction of sp³-hybridized carbons (Fsp3) is 0.308. The van der Waals surface area contributed by atoms with E-state index in [2.05, 4.69) is 10.1 Å². The molecule has 2 aromatic rings. The van der Waals surface area contributed by atoms with Crippen LogP contribution in [-0.4, -0.2) is 20.1 Å². The van der Waals surface area contributed by atoms with E-state index >= 15 is 0 Å². The monoisotopic (exact) mass is 293 g/mol. The number of anilines is 1. The topological polar surface area (TPSA) is 89.4 Å². The van der Waals surface area contributed by atoms with Gasteiger partial charge < -0.3 is 9.42 Å². The van der Waals surface area contributed by atoms with Gasteiger partial charge in [-0.25, -0.2) is 13.6 Å². The van der Waals surface area contributed by atoms with Gasteiger partial charge in [0.25, 0.3) is 0 Å².